The molecular weight excluding hydrogens is 316 g/mol. The van der Waals surface area contributed by atoms with Crippen LogP contribution in [0, 0.1) is 0 Å². The number of nitrogens with zero attached hydrogens (tertiary/aromatic N) is 2. The Labute approximate surface area is 137 Å². The Balaban J connectivity index is 2.44. The number of rotatable bonds is 5. The largest absolute Gasteiger partial charge is 0.320 e. The van der Waals surface area contributed by atoms with Crippen LogP contribution in [0.4, 0.5) is 11.4 Å². The van der Waals surface area contributed by atoms with Crippen molar-refractivity contribution in [2.24, 2.45) is 5.73 Å². The molecule has 8 heteroatoms. The molecule has 1 amide bonds. The number of amides is 1. The van der Waals surface area contributed by atoms with Crippen molar-refractivity contribution in [1.82, 2.24) is 5.32 Å². The summed E-state index contributed by atoms with van der Waals surface area (Å²) in [5.74, 6) is -0.110. The zero-order chi connectivity index (χ0) is 17.2. The van der Waals surface area contributed by atoms with Gasteiger partial charge in [-0.15, -0.1) is 0 Å². The summed E-state index contributed by atoms with van der Waals surface area (Å²) in [5.41, 5.74) is 7.02. The highest BCUT2D eigenvalue weighted by Crippen LogP contribution is 2.37. The zero-order valence-corrected chi connectivity index (χ0v) is 14.5. The van der Waals surface area contributed by atoms with E-state index < -0.39 is 15.4 Å². The maximum atomic E-state index is 12.8. The third-order valence-electron chi connectivity index (χ3n) is 3.99. The number of carbonyl (C=O) groups is 1. The van der Waals surface area contributed by atoms with Crippen molar-refractivity contribution in [3.8, 4) is 0 Å². The molecule has 0 aromatic heterocycles. The van der Waals surface area contributed by atoms with E-state index in [0.717, 1.165) is 0 Å². The Morgan fingerprint density at radius 1 is 1.39 bits per heavy atom. The first-order valence-electron chi connectivity index (χ1n) is 7.61. The fourth-order valence-corrected chi connectivity index (χ4v) is 4.45. The monoisotopic (exact) mass is 340 g/mol. The number of anilines is 2. The minimum Gasteiger partial charge on any atom is -0.320 e. The van der Waals surface area contributed by atoms with E-state index in [2.05, 4.69) is 5.32 Å². The molecule has 0 spiro atoms. The molecular formula is C15H24N4O3S. The van der Waals surface area contributed by atoms with Gasteiger partial charge in [-0.3, -0.25) is 9.10 Å². The number of hydrogen-bond donors (Lipinski definition) is 2. The third-order valence-corrected chi connectivity index (χ3v) is 5.95. The third kappa shape index (κ3) is 3.34. The summed E-state index contributed by atoms with van der Waals surface area (Å²) in [7, 11) is -1.94. The molecule has 0 radical (unpaired) electrons. The van der Waals surface area contributed by atoms with Gasteiger partial charge in [0.2, 0.25) is 5.91 Å². The van der Waals surface area contributed by atoms with Gasteiger partial charge in [-0.05, 0) is 39.1 Å². The van der Waals surface area contributed by atoms with Gasteiger partial charge in [0.05, 0.1) is 24.0 Å². The lowest BCUT2D eigenvalue weighted by Crippen LogP contribution is -2.54. The number of nitrogens with one attached hydrogen (secondary N) is 1. The van der Waals surface area contributed by atoms with Gasteiger partial charge in [-0.1, -0.05) is 12.1 Å². The van der Waals surface area contributed by atoms with Crippen LogP contribution < -0.4 is 20.3 Å². The molecule has 128 valence electrons. The molecule has 1 unspecified atom stereocenters. The SMILES string of the molecule is CNCCC(N)S(=O)(=O)N1C[C@H](C)N(C(C)=O)c2ccccc21. The molecule has 3 N–H and O–H groups in total. The van der Waals surface area contributed by atoms with Crippen molar-refractivity contribution in [2.45, 2.75) is 31.7 Å². The van der Waals surface area contributed by atoms with Crippen LogP contribution in [-0.4, -0.2) is 45.9 Å². The van der Waals surface area contributed by atoms with E-state index in [4.69, 9.17) is 5.73 Å². The van der Waals surface area contributed by atoms with Crippen molar-refractivity contribution in [2.75, 3.05) is 29.3 Å². The minimum absolute atomic E-state index is 0.110. The number of fused-ring (bicyclic) bond motifs is 1. The van der Waals surface area contributed by atoms with Crippen LogP contribution in [0.1, 0.15) is 20.3 Å². The van der Waals surface area contributed by atoms with Crippen molar-refractivity contribution >= 4 is 27.3 Å². The summed E-state index contributed by atoms with van der Waals surface area (Å²) in [6, 6.07) is 6.76. The highest BCUT2D eigenvalue weighted by molar-refractivity contribution is 7.93. The van der Waals surface area contributed by atoms with Crippen LogP contribution in [0.2, 0.25) is 0 Å². The Bertz CT molecular complexity index is 677. The molecule has 1 heterocycles. The molecule has 0 fully saturated rings. The molecule has 2 atom stereocenters. The van der Waals surface area contributed by atoms with Crippen molar-refractivity contribution < 1.29 is 13.2 Å². The molecule has 0 saturated carbocycles. The number of sulfonamides is 1. The summed E-state index contributed by atoms with van der Waals surface area (Å²) >= 11 is 0. The predicted octanol–water partition coefficient (Wildman–Crippen LogP) is 0.472. The normalized spacial score (nSPS) is 19.4. The second-order valence-electron chi connectivity index (χ2n) is 5.73. The van der Waals surface area contributed by atoms with Crippen molar-refractivity contribution in [3.63, 3.8) is 0 Å². The standard InChI is InChI=1S/C15H24N4O3S/c1-11-10-18(23(21,22)15(16)8-9-17-3)13-6-4-5-7-14(13)19(11)12(2)20/h4-7,11,15,17H,8-10,16H2,1-3H3/t11-,15?/m0/s1. The number of hydrogen-bond acceptors (Lipinski definition) is 5. The number of nitrogens with two attached hydrogens (primary N) is 1. The van der Waals surface area contributed by atoms with E-state index >= 15 is 0 Å². The second-order valence-corrected chi connectivity index (χ2v) is 7.81. The average Bonchev–Trinajstić information content (AvgIpc) is 2.51. The molecule has 0 aliphatic carbocycles. The summed E-state index contributed by atoms with van der Waals surface area (Å²) in [4.78, 5) is 13.6. The predicted molar refractivity (Wildman–Crippen MR) is 91.8 cm³/mol. The van der Waals surface area contributed by atoms with Gasteiger partial charge in [0.15, 0.2) is 0 Å². The highest BCUT2D eigenvalue weighted by atomic mass is 32.2. The first-order chi connectivity index (χ1) is 10.8. The lowest BCUT2D eigenvalue weighted by molar-refractivity contribution is -0.117. The van der Waals surface area contributed by atoms with Crippen molar-refractivity contribution in [1.29, 1.82) is 0 Å². The molecule has 1 aromatic rings. The average molecular weight is 340 g/mol. The Hall–Kier alpha value is -1.64. The molecule has 0 bridgehead atoms. The lowest BCUT2D eigenvalue weighted by Gasteiger charge is -2.41. The summed E-state index contributed by atoms with van der Waals surface area (Å²) in [5, 5.41) is 1.92. The maximum absolute atomic E-state index is 12.8. The number of benzene rings is 1. The highest BCUT2D eigenvalue weighted by Gasteiger charge is 2.38. The zero-order valence-electron chi connectivity index (χ0n) is 13.7. The van der Waals surface area contributed by atoms with Crippen molar-refractivity contribution in [3.05, 3.63) is 24.3 Å². The van der Waals surface area contributed by atoms with Gasteiger partial charge < -0.3 is 16.0 Å². The second kappa shape index (κ2) is 6.86. The van der Waals surface area contributed by atoms with Gasteiger partial charge in [0.1, 0.15) is 5.37 Å². The van der Waals surface area contributed by atoms with Crippen LogP contribution in [0.15, 0.2) is 24.3 Å². The number of carbonyl (C=O) groups excluding carboxylic acids is 1. The summed E-state index contributed by atoms with van der Waals surface area (Å²) in [6.45, 7) is 4.03. The van der Waals surface area contributed by atoms with Gasteiger partial charge in [0, 0.05) is 6.92 Å². The molecule has 2 rings (SSSR count). The van der Waals surface area contributed by atoms with E-state index in [9.17, 15) is 13.2 Å². The topological polar surface area (TPSA) is 95.7 Å². The molecule has 7 nitrogen and oxygen atoms in total. The van der Waals surface area contributed by atoms with Gasteiger partial charge in [-0.25, -0.2) is 8.42 Å². The van der Waals surface area contributed by atoms with Crippen LogP contribution in [-0.2, 0) is 14.8 Å². The fraction of sp³-hybridized carbons (Fsp3) is 0.533. The molecule has 1 aromatic carbocycles. The van der Waals surface area contributed by atoms with Gasteiger partial charge in [0.25, 0.3) is 10.0 Å². The molecule has 1 aliphatic heterocycles. The first-order valence-corrected chi connectivity index (χ1v) is 9.11. The van der Waals surface area contributed by atoms with Crippen LogP contribution in [0.25, 0.3) is 0 Å². The Morgan fingerprint density at radius 2 is 2.00 bits per heavy atom. The van der Waals surface area contributed by atoms with E-state index in [1.54, 1.807) is 36.2 Å². The molecule has 0 saturated heterocycles. The Morgan fingerprint density at radius 3 is 2.57 bits per heavy atom. The van der Waals surface area contributed by atoms with Crippen LogP contribution >= 0.6 is 0 Å². The summed E-state index contributed by atoms with van der Waals surface area (Å²) < 4.78 is 27.0. The van der Waals surface area contributed by atoms with E-state index in [1.165, 1.54) is 11.2 Å². The van der Waals surface area contributed by atoms with Gasteiger partial charge >= 0.3 is 0 Å². The number of para-hydroxylation sites is 2. The Kier molecular flexibility index (Phi) is 5.28. The maximum Gasteiger partial charge on any atom is 0.251 e. The first kappa shape index (κ1) is 17.7. The molecule has 1 aliphatic rings. The quantitative estimate of drug-likeness (QED) is 0.812. The van der Waals surface area contributed by atoms with E-state index in [1.807, 2.05) is 6.92 Å². The van der Waals surface area contributed by atoms with Gasteiger partial charge in [-0.2, -0.15) is 0 Å². The minimum atomic E-state index is -3.70. The summed E-state index contributed by atoms with van der Waals surface area (Å²) in [6.07, 6.45) is 0.322. The van der Waals surface area contributed by atoms with E-state index in [-0.39, 0.29) is 18.5 Å². The smallest absolute Gasteiger partial charge is 0.251 e. The van der Waals surface area contributed by atoms with Crippen LogP contribution in [0.5, 0.6) is 0 Å². The lowest BCUT2D eigenvalue weighted by atomic mass is 10.1. The van der Waals surface area contributed by atoms with E-state index in [0.29, 0.717) is 24.3 Å². The fourth-order valence-electron chi connectivity index (χ4n) is 2.86. The van der Waals surface area contributed by atoms with Crippen LogP contribution in [0.3, 0.4) is 0 Å². The molecule has 23 heavy (non-hydrogen) atoms.